The molecule has 7 heteroatoms. The minimum atomic E-state index is -0.805. The SMILES string of the molecule is Cc1cc(NC(=O)NCC(O)c2ccccc2)ccc1[N+](=O)[O-]. The fourth-order valence-corrected chi connectivity index (χ4v) is 2.10. The van der Waals surface area contributed by atoms with E-state index in [1.54, 1.807) is 31.2 Å². The Morgan fingerprint density at radius 2 is 1.96 bits per heavy atom. The molecule has 7 nitrogen and oxygen atoms in total. The quantitative estimate of drug-likeness (QED) is 0.583. The first-order chi connectivity index (χ1) is 11.0. The van der Waals surface area contributed by atoms with Crippen LogP contribution in [-0.2, 0) is 0 Å². The number of hydrogen-bond donors (Lipinski definition) is 3. The van der Waals surface area contributed by atoms with Gasteiger partial charge in [0.25, 0.3) is 5.69 Å². The van der Waals surface area contributed by atoms with E-state index in [0.717, 1.165) is 0 Å². The predicted octanol–water partition coefficient (Wildman–Crippen LogP) is 2.76. The molecular formula is C16H17N3O4. The van der Waals surface area contributed by atoms with Crippen LogP contribution in [-0.4, -0.2) is 22.6 Å². The molecule has 120 valence electrons. The zero-order valence-corrected chi connectivity index (χ0v) is 12.5. The molecule has 2 aromatic rings. The highest BCUT2D eigenvalue weighted by Gasteiger charge is 2.12. The average Bonchev–Trinajstić information content (AvgIpc) is 2.53. The minimum Gasteiger partial charge on any atom is -0.387 e. The maximum atomic E-state index is 11.8. The summed E-state index contributed by atoms with van der Waals surface area (Å²) < 4.78 is 0. The first-order valence-corrected chi connectivity index (χ1v) is 7.00. The van der Waals surface area contributed by atoms with Gasteiger partial charge in [-0.3, -0.25) is 10.1 Å². The van der Waals surface area contributed by atoms with Crippen molar-refractivity contribution in [2.24, 2.45) is 0 Å². The number of aliphatic hydroxyl groups excluding tert-OH is 1. The number of rotatable bonds is 5. The summed E-state index contributed by atoms with van der Waals surface area (Å²) in [5, 5.41) is 25.8. The Balaban J connectivity index is 1.90. The fraction of sp³-hybridized carbons (Fsp3) is 0.188. The lowest BCUT2D eigenvalue weighted by Gasteiger charge is -2.13. The first kappa shape index (κ1) is 16.4. The van der Waals surface area contributed by atoms with Crippen molar-refractivity contribution in [3.63, 3.8) is 0 Å². The van der Waals surface area contributed by atoms with E-state index < -0.39 is 17.1 Å². The highest BCUT2D eigenvalue weighted by atomic mass is 16.6. The monoisotopic (exact) mass is 315 g/mol. The molecule has 2 amide bonds. The number of carbonyl (C=O) groups excluding carboxylic acids is 1. The summed E-state index contributed by atoms with van der Waals surface area (Å²) in [6, 6.07) is 12.8. The number of aliphatic hydroxyl groups is 1. The van der Waals surface area contributed by atoms with E-state index in [0.29, 0.717) is 16.8 Å². The molecule has 2 rings (SSSR count). The van der Waals surface area contributed by atoms with Crippen molar-refractivity contribution in [1.82, 2.24) is 5.32 Å². The molecule has 0 saturated heterocycles. The van der Waals surface area contributed by atoms with Gasteiger partial charge in [-0.15, -0.1) is 0 Å². The zero-order valence-electron chi connectivity index (χ0n) is 12.5. The Morgan fingerprint density at radius 1 is 1.26 bits per heavy atom. The number of nitro benzene ring substituents is 1. The Morgan fingerprint density at radius 3 is 2.57 bits per heavy atom. The minimum absolute atomic E-state index is 0.00421. The van der Waals surface area contributed by atoms with Crippen LogP contribution in [0.2, 0.25) is 0 Å². The predicted molar refractivity (Wildman–Crippen MR) is 86.3 cm³/mol. The molecule has 0 saturated carbocycles. The van der Waals surface area contributed by atoms with Gasteiger partial charge in [-0.05, 0) is 24.6 Å². The smallest absolute Gasteiger partial charge is 0.319 e. The second kappa shape index (κ2) is 7.37. The van der Waals surface area contributed by atoms with Gasteiger partial charge in [0, 0.05) is 23.9 Å². The summed E-state index contributed by atoms with van der Waals surface area (Å²) in [6.45, 7) is 1.65. The molecule has 0 aromatic heterocycles. The van der Waals surface area contributed by atoms with Crippen LogP contribution in [0, 0.1) is 17.0 Å². The van der Waals surface area contributed by atoms with Crippen molar-refractivity contribution in [2.75, 3.05) is 11.9 Å². The molecule has 2 aromatic carbocycles. The molecule has 0 spiro atoms. The van der Waals surface area contributed by atoms with Crippen molar-refractivity contribution in [3.05, 3.63) is 69.8 Å². The van der Waals surface area contributed by atoms with Gasteiger partial charge in [-0.1, -0.05) is 30.3 Å². The Bertz CT molecular complexity index is 704. The van der Waals surface area contributed by atoms with Crippen molar-refractivity contribution < 1.29 is 14.8 Å². The topological polar surface area (TPSA) is 104 Å². The molecule has 0 fully saturated rings. The number of aryl methyl sites for hydroxylation is 1. The molecule has 1 unspecified atom stereocenters. The zero-order chi connectivity index (χ0) is 16.8. The number of urea groups is 1. The second-order valence-corrected chi connectivity index (χ2v) is 5.02. The lowest BCUT2D eigenvalue weighted by molar-refractivity contribution is -0.385. The summed E-state index contributed by atoms with van der Waals surface area (Å²) in [4.78, 5) is 22.1. The van der Waals surface area contributed by atoms with E-state index in [1.807, 2.05) is 6.07 Å². The number of benzene rings is 2. The van der Waals surface area contributed by atoms with Gasteiger partial charge in [-0.2, -0.15) is 0 Å². The number of nitro groups is 1. The van der Waals surface area contributed by atoms with E-state index in [9.17, 15) is 20.0 Å². The van der Waals surface area contributed by atoms with Gasteiger partial charge in [0.15, 0.2) is 0 Å². The molecule has 0 radical (unpaired) electrons. The molecule has 0 aliphatic heterocycles. The van der Waals surface area contributed by atoms with Crippen LogP contribution in [0.25, 0.3) is 0 Å². The standard InChI is InChI=1S/C16H17N3O4/c1-11-9-13(7-8-14(11)19(22)23)18-16(21)17-10-15(20)12-5-3-2-4-6-12/h2-9,15,20H,10H2,1H3,(H2,17,18,21). The van der Waals surface area contributed by atoms with Gasteiger partial charge in [0.05, 0.1) is 11.0 Å². The van der Waals surface area contributed by atoms with Crippen LogP contribution in [0.5, 0.6) is 0 Å². The van der Waals surface area contributed by atoms with Gasteiger partial charge < -0.3 is 15.7 Å². The number of carbonyl (C=O) groups is 1. The Labute approximate surface area is 133 Å². The third kappa shape index (κ3) is 4.52. The summed E-state index contributed by atoms with van der Waals surface area (Å²) >= 11 is 0. The molecule has 0 aliphatic carbocycles. The summed E-state index contributed by atoms with van der Waals surface area (Å²) in [6.07, 6.45) is -0.805. The molecule has 0 bridgehead atoms. The van der Waals surface area contributed by atoms with Crippen LogP contribution in [0.1, 0.15) is 17.2 Å². The van der Waals surface area contributed by atoms with Gasteiger partial charge in [0.1, 0.15) is 0 Å². The van der Waals surface area contributed by atoms with E-state index >= 15 is 0 Å². The largest absolute Gasteiger partial charge is 0.387 e. The van der Waals surface area contributed by atoms with Crippen LogP contribution < -0.4 is 10.6 Å². The number of nitrogens with zero attached hydrogens (tertiary/aromatic N) is 1. The number of hydrogen-bond acceptors (Lipinski definition) is 4. The summed E-state index contributed by atoms with van der Waals surface area (Å²) in [5.74, 6) is 0. The maximum absolute atomic E-state index is 11.8. The highest BCUT2D eigenvalue weighted by Crippen LogP contribution is 2.21. The Hall–Kier alpha value is -2.93. The average molecular weight is 315 g/mol. The lowest BCUT2D eigenvalue weighted by atomic mass is 10.1. The number of amides is 2. The normalized spacial score (nSPS) is 11.6. The summed E-state index contributed by atoms with van der Waals surface area (Å²) in [7, 11) is 0. The van der Waals surface area contributed by atoms with Crippen molar-refractivity contribution in [1.29, 1.82) is 0 Å². The molecule has 0 aliphatic rings. The third-order valence-electron chi connectivity index (χ3n) is 3.29. The second-order valence-electron chi connectivity index (χ2n) is 5.02. The molecular weight excluding hydrogens is 298 g/mol. The van der Waals surface area contributed by atoms with Gasteiger partial charge >= 0.3 is 6.03 Å². The molecule has 1 atom stereocenters. The van der Waals surface area contributed by atoms with Gasteiger partial charge in [-0.25, -0.2) is 4.79 Å². The van der Waals surface area contributed by atoms with Gasteiger partial charge in [0.2, 0.25) is 0 Å². The molecule has 23 heavy (non-hydrogen) atoms. The fourth-order valence-electron chi connectivity index (χ4n) is 2.10. The van der Waals surface area contributed by atoms with Crippen LogP contribution in [0.3, 0.4) is 0 Å². The van der Waals surface area contributed by atoms with E-state index in [-0.39, 0.29) is 12.2 Å². The van der Waals surface area contributed by atoms with E-state index in [2.05, 4.69) is 10.6 Å². The van der Waals surface area contributed by atoms with E-state index in [4.69, 9.17) is 0 Å². The maximum Gasteiger partial charge on any atom is 0.319 e. The van der Waals surface area contributed by atoms with Crippen molar-refractivity contribution >= 4 is 17.4 Å². The van der Waals surface area contributed by atoms with Crippen molar-refractivity contribution in [3.8, 4) is 0 Å². The van der Waals surface area contributed by atoms with Crippen LogP contribution >= 0.6 is 0 Å². The van der Waals surface area contributed by atoms with Crippen LogP contribution in [0.15, 0.2) is 48.5 Å². The van der Waals surface area contributed by atoms with Crippen molar-refractivity contribution in [2.45, 2.75) is 13.0 Å². The third-order valence-corrected chi connectivity index (χ3v) is 3.29. The lowest BCUT2D eigenvalue weighted by Crippen LogP contribution is -2.32. The number of nitrogens with one attached hydrogen (secondary N) is 2. The highest BCUT2D eigenvalue weighted by molar-refractivity contribution is 5.89. The van der Waals surface area contributed by atoms with Crippen LogP contribution in [0.4, 0.5) is 16.2 Å². The Kier molecular flexibility index (Phi) is 5.27. The first-order valence-electron chi connectivity index (χ1n) is 7.00. The van der Waals surface area contributed by atoms with E-state index in [1.165, 1.54) is 18.2 Å². The number of anilines is 1. The molecule has 0 heterocycles. The summed E-state index contributed by atoms with van der Waals surface area (Å²) in [5.41, 5.74) is 1.60. The molecule has 3 N–H and O–H groups in total.